The number of hydrogen-bond donors (Lipinski definition) is 0. The molecular weight excluding hydrogens is 253 g/mol. The van der Waals surface area contributed by atoms with Crippen molar-refractivity contribution in [2.24, 2.45) is 11.8 Å². The van der Waals surface area contributed by atoms with Gasteiger partial charge in [0.15, 0.2) is 0 Å². The fraction of sp³-hybridized carbons (Fsp3) is 0.533. The first-order chi connectivity index (χ1) is 8.97. The van der Waals surface area contributed by atoms with Crippen LogP contribution in [0.25, 0.3) is 0 Å². The Bertz CT molecular complexity index is 417. The largest absolute Gasteiger partial charge is 0.391 e. The second kappa shape index (κ2) is 5.76. The zero-order valence-corrected chi connectivity index (χ0v) is 10.6. The number of alkyl halides is 3. The molecule has 1 aliphatic carbocycles. The first-order valence-electron chi connectivity index (χ1n) is 6.60. The summed E-state index contributed by atoms with van der Waals surface area (Å²) in [6.45, 7) is 0. The van der Waals surface area contributed by atoms with Crippen LogP contribution in [0.15, 0.2) is 30.3 Å². The third-order valence-electron chi connectivity index (χ3n) is 3.87. The molecule has 0 atom stereocenters. The topological polar surface area (TPSA) is 17.1 Å². The molecule has 1 aromatic carbocycles. The zero-order chi connectivity index (χ0) is 13.9. The Balaban J connectivity index is 1.86. The van der Waals surface area contributed by atoms with Crippen LogP contribution < -0.4 is 0 Å². The van der Waals surface area contributed by atoms with Gasteiger partial charge in [-0.2, -0.15) is 13.2 Å². The lowest BCUT2D eigenvalue weighted by Gasteiger charge is -2.29. The quantitative estimate of drug-likeness (QED) is 0.805. The minimum absolute atomic E-state index is 0.0758. The number of hydrogen-bond acceptors (Lipinski definition) is 1. The Morgan fingerprint density at radius 3 is 2.16 bits per heavy atom. The molecular formula is C15H17F3O. The number of ketones is 1. The number of rotatable bonds is 3. The zero-order valence-electron chi connectivity index (χ0n) is 10.6. The highest BCUT2D eigenvalue weighted by atomic mass is 19.4. The summed E-state index contributed by atoms with van der Waals surface area (Å²) >= 11 is 0. The van der Waals surface area contributed by atoms with Crippen LogP contribution in [-0.4, -0.2) is 12.0 Å². The number of halogens is 3. The van der Waals surface area contributed by atoms with Crippen LogP contribution in [0, 0.1) is 11.8 Å². The molecule has 0 unspecified atom stereocenters. The van der Waals surface area contributed by atoms with Gasteiger partial charge in [0, 0.05) is 12.3 Å². The second-order valence-corrected chi connectivity index (χ2v) is 5.22. The van der Waals surface area contributed by atoms with Gasteiger partial charge in [0.25, 0.3) is 0 Å². The predicted molar refractivity (Wildman–Crippen MR) is 66.7 cm³/mol. The van der Waals surface area contributed by atoms with Crippen LogP contribution in [0.3, 0.4) is 0 Å². The van der Waals surface area contributed by atoms with Crippen molar-refractivity contribution >= 4 is 5.78 Å². The van der Waals surface area contributed by atoms with Crippen LogP contribution in [0.5, 0.6) is 0 Å². The molecule has 4 heteroatoms. The van der Waals surface area contributed by atoms with Gasteiger partial charge in [-0.3, -0.25) is 4.79 Å². The van der Waals surface area contributed by atoms with E-state index in [1.807, 2.05) is 30.3 Å². The van der Waals surface area contributed by atoms with Crippen LogP contribution in [-0.2, 0) is 11.2 Å². The molecule has 104 valence electrons. The van der Waals surface area contributed by atoms with E-state index in [-0.39, 0.29) is 24.5 Å². The van der Waals surface area contributed by atoms with E-state index in [0.717, 1.165) is 5.56 Å². The van der Waals surface area contributed by atoms with Crippen LogP contribution in [0.2, 0.25) is 0 Å². The van der Waals surface area contributed by atoms with Crippen LogP contribution in [0.4, 0.5) is 13.2 Å². The lowest BCUT2D eigenvalue weighted by Crippen LogP contribution is -2.30. The monoisotopic (exact) mass is 270 g/mol. The summed E-state index contributed by atoms with van der Waals surface area (Å²) in [7, 11) is 0. The first kappa shape index (κ1) is 14.1. The normalized spacial score (nSPS) is 24.2. The van der Waals surface area contributed by atoms with E-state index in [2.05, 4.69) is 0 Å². The summed E-state index contributed by atoms with van der Waals surface area (Å²) in [6.07, 6.45) is -2.84. The predicted octanol–water partition coefficient (Wildman–Crippen LogP) is 4.17. The van der Waals surface area contributed by atoms with E-state index < -0.39 is 12.1 Å². The number of benzene rings is 1. The summed E-state index contributed by atoms with van der Waals surface area (Å²) in [5.74, 6) is -1.33. The van der Waals surface area contributed by atoms with Gasteiger partial charge in [-0.05, 0) is 31.2 Å². The average Bonchev–Trinajstić information content (AvgIpc) is 2.39. The lowest BCUT2D eigenvalue weighted by atomic mass is 9.78. The molecule has 2 rings (SSSR count). The molecule has 19 heavy (non-hydrogen) atoms. The van der Waals surface area contributed by atoms with Crippen molar-refractivity contribution in [1.82, 2.24) is 0 Å². The molecule has 0 radical (unpaired) electrons. The molecule has 0 saturated heterocycles. The van der Waals surface area contributed by atoms with E-state index in [0.29, 0.717) is 19.3 Å². The van der Waals surface area contributed by atoms with Crippen molar-refractivity contribution in [2.75, 3.05) is 0 Å². The van der Waals surface area contributed by atoms with Gasteiger partial charge in [-0.15, -0.1) is 0 Å². The fourth-order valence-electron chi connectivity index (χ4n) is 2.68. The van der Waals surface area contributed by atoms with Crippen molar-refractivity contribution in [1.29, 1.82) is 0 Å². The Morgan fingerprint density at radius 2 is 1.63 bits per heavy atom. The van der Waals surface area contributed by atoms with Gasteiger partial charge >= 0.3 is 6.18 Å². The molecule has 1 aliphatic rings. The van der Waals surface area contributed by atoms with E-state index >= 15 is 0 Å². The lowest BCUT2D eigenvalue weighted by molar-refractivity contribution is -0.184. The van der Waals surface area contributed by atoms with Crippen LogP contribution in [0.1, 0.15) is 31.2 Å². The molecule has 1 nitrogen and oxygen atoms in total. The maximum atomic E-state index is 12.5. The Hall–Kier alpha value is -1.32. The van der Waals surface area contributed by atoms with Crippen molar-refractivity contribution in [3.05, 3.63) is 35.9 Å². The van der Waals surface area contributed by atoms with Crippen molar-refractivity contribution in [3.8, 4) is 0 Å². The summed E-state index contributed by atoms with van der Waals surface area (Å²) < 4.78 is 37.6. The molecule has 0 aliphatic heterocycles. The third kappa shape index (κ3) is 3.82. The van der Waals surface area contributed by atoms with Gasteiger partial charge in [0.05, 0.1) is 5.92 Å². The third-order valence-corrected chi connectivity index (χ3v) is 3.87. The summed E-state index contributed by atoms with van der Waals surface area (Å²) in [5, 5.41) is 0. The van der Waals surface area contributed by atoms with Crippen molar-refractivity contribution < 1.29 is 18.0 Å². The van der Waals surface area contributed by atoms with E-state index in [9.17, 15) is 18.0 Å². The Labute approximate surface area is 110 Å². The summed E-state index contributed by atoms with van der Waals surface area (Å²) in [4.78, 5) is 12.0. The standard InChI is InChI=1S/C15H17F3O/c16-15(17,18)13-8-6-12(7-9-13)14(19)10-11-4-2-1-3-5-11/h1-5,12-13H,6-10H2. The SMILES string of the molecule is O=C(Cc1ccccc1)C1CCC(C(F)(F)F)CC1. The Morgan fingerprint density at radius 1 is 1.05 bits per heavy atom. The fourth-order valence-corrected chi connectivity index (χ4v) is 2.68. The highest BCUT2D eigenvalue weighted by Crippen LogP contribution is 2.39. The maximum absolute atomic E-state index is 12.5. The first-order valence-corrected chi connectivity index (χ1v) is 6.60. The van der Waals surface area contributed by atoms with E-state index in [1.165, 1.54) is 0 Å². The Kier molecular flexibility index (Phi) is 4.27. The molecule has 0 N–H and O–H groups in total. The minimum Gasteiger partial charge on any atom is -0.299 e. The van der Waals surface area contributed by atoms with Gasteiger partial charge in [0.2, 0.25) is 0 Å². The minimum atomic E-state index is -4.10. The number of Topliss-reactive ketones (excluding diaryl/α,β-unsaturated/α-hetero) is 1. The second-order valence-electron chi connectivity index (χ2n) is 5.22. The van der Waals surface area contributed by atoms with Gasteiger partial charge in [-0.25, -0.2) is 0 Å². The number of carbonyl (C=O) groups excluding carboxylic acids is 1. The van der Waals surface area contributed by atoms with Crippen LogP contribution >= 0.6 is 0 Å². The van der Waals surface area contributed by atoms with Crippen molar-refractivity contribution in [2.45, 2.75) is 38.3 Å². The molecule has 1 fully saturated rings. The van der Waals surface area contributed by atoms with E-state index in [1.54, 1.807) is 0 Å². The molecule has 1 saturated carbocycles. The smallest absolute Gasteiger partial charge is 0.299 e. The summed E-state index contributed by atoms with van der Waals surface area (Å²) in [5.41, 5.74) is 0.936. The molecule has 1 aromatic rings. The molecule has 0 heterocycles. The molecule has 0 bridgehead atoms. The maximum Gasteiger partial charge on any atom is 0.391 e. The number of carbonyl (C=O) groups is 1. The van der Waals surface area contributed by atoms with Gasteiger partial charge < -0.3 is 0 Å². The molecule has 0 spiro atoms. The highest BCUT2D eigenvalue weighted by Gasteiger charge is 2.42. The van der Waals surface area contributed by atoms with Gasteiger partial charge in [0.1, 0.15) is 5.78 Å². The molecule has 0 aromatic heterocycles. The van der Waals surface area contributed by atoms with Crippen molar-refractivity contribution in [3.63, 3.8) is 0 Å². The summed E-state index contributed by atoms with van der Waals surface area (Å²) in [6, 6.07) is 9.35. The highest BCUT2D eigenvalue weighted by molar-refractivity contribution is 5.83. The molecule has 0 amide bonds. The van der Waals surface area contributed by atoms with E-state index in [4.69, 9.17) is 0 Å². The van der Waals surface area contributed by atoms with Gasteiger partial charge in [-0.1, -0.05) is 30.3 Å². The average molecular weight is 270 g/mol.